The van der Waals surface area contributed by atoms with Crippen LogP contribution in [0.2, 0.25) is 0 Å². The van der Waals surface area contributed by atoms with Crippen molar-refractivity contribution in [3.63, 3.8) is 0 Å². The number of nitrogens with zero attached hydrogens (tertiary/aromatic N) is 4. The minimum Gasteiger partial charge on any atom is -0.497 e. The Bertz CT molecular complexity index is 1160. The minimum absolute atomic E-state index is 0.135. The number of aromatic nitrogens is 3. The molecule has 29 heavy (non-hydrogen) atoms. The highest BCUT2D eigenvalue weighted by Crippen LogP contribution is 2.32. The molecule has 0 unspecified atom stereocenters. The van der Waals surface area contributed by atoms with Crippen molar-refractivity contribution in [3.05, 3.63) is 78.1 Å². The molecule has 7 heteroatoms. The van der Waals surface area contributed by atoms with Crippen molar-refractivity contribution in [1.82, 2.24) is 14.8 Å². The van der Waals surface area contributed by atoms with E-state index in [-0.39, 0.29) is 5.91 Å². The highest BCUT2D eigenvalue weighted by Gasteiger charge is 2.18. The minimum atomic E-state index is -0.135. The molecule has 0 spiro atoms. The van der Waals surface area contributed by atoms with Crippen molar-refractivity contribution in [2.45, 2.75) is 6.54 Å². The van der Waals surface area contributed by atoms with E-state index in [1.807, 2.05) is 61.8 Å². The molecule has 0 saturated carbocycles. The third-order valence-corrected chi connectivity index (χ3v) is 5.45. The second-order valence-electron chi connectivity index (χ2n) is 6.52. The molecule has 0 saturated heterocycles. The summed E-state index contributed by atoms with van der Waals surface area (Å²) in [5, 5.41) is 4.78. The van der Waals surface area contributed by atoms with Gasteiger partial charge in [0, 0.05) is 24.9 Å². The van der Waals surface area contributed by atoms with Crippen molar-refractivity contribution in [2.75, 3.05) is 12.0 Å². The standard InChI is InChI=1S/C22H20N4O2S/c1-25-14-17(13-23-25)8-11-21(27)26(15-16-6-4-3-5-7-16)22-24-19-10-9-18(28-2)12-20(19)29-22/h3-14H,15H2,1-2H3/b11-8+. The first kappa shape index (κ1) is 18.9. The maximum absolute atomic E-state index is 13.1. The average Bonchev–Trinajstić information content (AvgIpc) is 3.36. The van der Waals surface area contributed by atoms with Crippen LogP contribution in [0.5, 0.6) is 5.75 Å². The van der Waals surface area contributed by atoms with Crippen LogP contribution in [0.1, 0.15) is 11.1 Å². The molecule has 0 N–H and O–H groups in total. The van der Waals surface area contributed by atoms with E-state index in [2.05, 4.69) is 10.1 Å². The number of carbonyl (C=O) groups is 1. The molecule has 0 aliphatic carbocycles. The van der Waals surface area contributed by atoms with Gasteiger partial charge in [0.1, 0.15) is 5.75 Å². The number of ether oxygens (including phenoxy) is 1. The van der Waals surface area contributed by atoms with E-state index in [4.69, 9.17) is 4.74 Å². The number of anilines is 1. The van der Waals surface area contributed by atoms with Gasteiger partial charge in [0.05, 0.1) is 30.1 Å². The van der Waals surface area contributed by atoms with Crippen molar-refractivity contribution < 1.29 is 9.53 Å². The molecule has 0 aliphatic heterocycles. The van der Waals surface area contributed by atoms with Crippen molar-refractivity contribution >= 4 is 38.7 Å². The molecular weight excluding hydrogens is 384 g/mol. The third kappa shape index (κ3) is 4.35. The SMILES string of the molecule is COc1ccc2nc(N(Cc3ccccc3)C(=O)/C=C/c3cnn(C)c3)sc2c1. The number of benzene rings is 2. The predicted molar refractivity (Wildman–Crippen MR) is 116 cm³/mol. The van der Waals surface area contributed by atoms with Crippen LogP contribution in [0.3, 0.4) is 0 Å². The van der Waals surface area contributed by atoms with Crippen LogP contribution in [-0.2, 0) is 18.4 Å². The summed E-state index contributed by atoms with van der Waals surface area (Å²) in [4.78, 5) is 19.5. The predicted octanol–water partition coefficient (Wildman–Crippen LogP) is 4.29. The molecule has 6 nitrogen and oxygen atoms in total. The Kier molecular flexibility index (Phi) is 5.39. The average molecular weight is 404 g/mol. The van der Waals surface area contributed by atoms with Gasteiger partial charge in [0.15, 0.2) is 5.13 Å². The van der Waals surface area contributed by atoms with Crippen LogP contribution in [-0.4, -0.2) is 27.8 Å². The summed E-state index contributed by atoms with van der Waals surface area (Å²) in [7, 11) is 3.48. The van der Waals surface area contributed by atoms with Crippen molar-refractivity contribution in [3.8, 4) is 5.75 Å². The van der Waals surface area contributed by atoms with E-state index >= 15 is 0 Å². The Labute approximate surface area is 172 Å². The summed E-state index contributed by atoms with van der Waals surface area (Å²) < 4.78 is 7.98. The molecule has 2 aromatic carbocycles. The first-order valence-corrected chi connectivity index (χ1v) is 9.91. The summed E-state index contributed by atoms with van der Waals surface area (Å²) in [5.41, 5.74) is 2.75. The molecule has 4 rings (SSSR count). The Balaban J connectivity index is 1.67. The summed E-state index contributed by atoms with van der Waals surface area (Å²) >= 11 is 1.47. The molecule has 2 heterocycles. The Hall–Kier alpha value is -3.45. The fourth-order valence-corrected chi connectivity index (χ4v) is 3.92. The molecular formula is C22H20N4O2S. The van der Waals surface area contributed by atoms with Crippen LogP contribution in [0.4, 0.5) is 5.13 Å². The van der Waals surface area contributed by atoms with Crippen LogP contribution in [0.25, 0.3) is 16.3 Å². The Morgan fingerprint density at radius 2 is 2.07 bits per heavy atom. The number of carbonyl (C=O) groups excluding carboxylic acids is 1. The normalized spacial score (nSPS) is 11.2. The highest BCUT2D eigenvalue weighted by atomic mass is 32.1. The number of amides is 1. The van der Waals surface area contributed by atoms with E-state index < -0.39 is 0 Å². The number of hydrogen-bond donors (Lipinski definition) is 0. The summed E-state index contributed by atoms with van der Waals surface area (Å²) in [6.45, 7) is 0.439. The van der Waals surface area contributed by atoms with Crippen molar-refractivity contribution in [1.29, 1.82) is 0 Å². The van der Waals surface area contributed by atoms with Gasteiger partial charge in [-0.05, 0) is 29.8 Å². The zero-order valence-corrected chi connectivity index (χ0v) is 17.0. The maximum atomic E-state index is 13.1. The molecule has 0 aliphatic rings. The van der Waals surface area contributed by atoms with E-state index in [1.54, 1.807) is 35.0 Å². The van der Waals surface area contributed by atoms with Gasteiger partial charge >= 0.3 is 0 Å². The Morgan fingerprint density at radius 1 is 1.24 bits per heavy atom. The lowest BCUT2D eigenvalue weighted by Gasteiger charge is -2.18. The largest absolute Gasteiger partial charge is 0.497 e. The van der Waals surface area contributed by atoms with Crippen molar-refractivity contribution in [2.24, 2.45) is 7.05 Å². The third-order valence-electron chi connectivity index (χ3n) is 4.41. The first-order chi connectivity index (χ1) is 14.1. The molecule has 0 fully saturated rings. The summed E-state index contributed by atoms with van der Waals surface area (Å²) in [5.74, 6) is 0.633. The van der Waals surface area contributed by atoms with E-state index in [1.165, 1.54) is 11.3 Å². The number of hydrogen-bond acceptors (Lipinski definition) is 5. The van der Waals surface area contributed by atoms with Gasteiger partial charge in [-0.1, -0.05) is 41.7 Å². The lowest BCUT2D eigenvalue weighted by atomic mass is 10.2. The fourth-order valence-electron chi connectivity index (χ4n) is 2.92. The van der Waals surface area contributed by atoms with Crippen LogP contribution < -0.4 is 9.64 Å². The molecule has 0 bridgehead atoms. The lowest BCUT2D eigenvalue weighted by Crippen LogP contribution is -2.28. The molecule has 0 radical (unpaired) electrons. The number of thiazole rings is 1. The molecule has 1 amide bonds. The van der Waals surface area contributed by atoms with Gasteiger partial charge in [-0.25, -0.2) is 4.98 Å². The number of aryl methyl sites for hydroxylation is 1. The van der Waals surface area contributed by atoms with Gasteiger partial charge in [0.25, 0.3) is 5.91 Å². The summed E-state index contributed by atoms with van der Waals surface area (Å²) in [6.07, 6.45) is 6.90. The van der Waals surface area contributed by atoms with E-state index in [0.29, 0.717) is 11.7 Å². The number of methoxy groups -OCH3 is 1. The molecule has 2 aromatic heterocycles. The second-order valence-corrected chi connectivity index (χ2v) is 7.53. The van der Waals surface area contributed by atoms with Gasteiger partial charge in [-0.3, -0.25) is 14.4 Å². The fraction of sp³-hybridized carbons (Fsp3) is 0.136. The smallest absolute Gasteiger partial charge is 0.253 e. The van der Waals surface area contributed by atoms with E-state index in [0.717, 1.165) is 27.1 Å². The van der Waals surface area contributed by atoms with Gasteiger partial charge in [-0.15, -0.1) is 0 Å². The molecule has 4 aromatic rings. The van der Waals surface area contributed by atoms with Crippen LogP contribution in [0, 0.1) is 0 Å². The van der Waals surface area contributed by atoms with Gasteiger partial charge < -0.3 is 4.74 Å². The molecule has 146 valence electrons. The second kappa shape index (κ2) is 8.28. The zero-order chi connectivity index (χ0) is 20.2. The maximum Gasteiger partial charge on any atom is 0.253 e. The van der Waals surface area contributed by atoms with E-state index in [9.17, 15) is 4.79 Å². The molecule has 0 atom stereocenters. The quantitative estimate of drug-likeness (QED) is 0.450. The van der Waals surface area contributed by atoms with Gasteiger partial charge in [0.2, 0.25) is 0 Å². The number of rotatable bonds is 6. The highest BCUT2D eigenvalue weighted by molar-refractivity contribution is 7.22. The van der Waals surface area contributed by atoms with Crippen LogP contribution in [0.15, 0.2) is 67.0 Å². The zero-order valence-electron chi connectivity index (χ0n) is 16.1. The number of fused-ring (bicyclic) bond motifs is 1. The monoisotopic (exact) mass is 404 g/mol. The summed E-state index contributed by atoms with van der Waals surface area (Å²) in [6, 6.07) is 15.6. The van der Waals surface area contributed by atoms with Crippen LogP contribution >= 0.6 is 11.3 Å². The Morgan fingerprint density at radius 3 is 2.79 bits per heavy atom. The topological polar surface area (TPSA) is 60.2 Å². The van der Waals surface area contributed by atoms with Gasteiger partial charge in [-0.2, -0.15) is 5.10 Å². The lowest BCUT2D eigenvalue weighted by molar-refractivity contribution is -0.114. The first-order valence-electron chi connectivity index (χ1n) is 9.09.